The van der Waals surface area contributed by atoms with Gasteiger partial charge in [-0.2, -0.15) is 0 Å². The van der Waals surface area contributed by atoms with Crippen molar-refractivity contribution in [2.24, 2.45) is 0 Å². The highest BCUT2D eigenvalue weighted by Crippen LogP contribution is 2.34. The van der Waals surface area contributed by atoms with E-state index < -0.39 is 6.04 Å². The molecule has 1 unspecified atom stereocenters. The smallest absolute Gasteiger partial charge is 0.247 e. The zero-order valence-electron chi connectivity index (χ0n) is 23.9. The number of amides is 2. The molecular weight excluding hydrogens is 520 g/mol. The third-order valence-electron chi connectivity index (χ3n) is 7.26. The molecule has 0 saturated carbocycles. The Labute approximate surface area is 241 Å². The molecule has 2 aromatic carbocycles. The van der Waals surface area contributed by atoms with Crippen LogP contribution in [0.3, 0.4) is 0 Å². The predicted octanol–water partition coefficient (Wildman–Crippen LogP) is 3.57. The molecule has 2 saturated heterocycles. The Balaban J connectivity index is 1.41. The molecule has 41 heavy (non-hydrogen) atoms. The number of hydrogen-bond donors (Lipinski definition) is 2. The number of terminal acetylenes is 1. The van der Waals surface area contributed by atoms with E-state index in [1.165, 1.54) is 12.4 Å². The van der Waals surface area contributed by atoms with Crippen LogP contribution in [0.5, 0.6) is 5.75 Å². The first-order valence-electron chi connectivity index (χ1n) is 14.3. The van der Waals surface area contributed by atoms with Crippen LogP contribution in [-0.4, -0.2) is 83.6 Å². The first-order chi connectivity index (χ1) is 20.6. The minimum atomic E-state index is -0.592. The number of likely N-dealkylation sites (tertiary alicyclic amines) is 1. The Kier molecular flexibility index (Phi) is 8.65. The van der Waals surface area contributed by atoms with Crippen LogP contribution in [0.4, 0.5) is 17.2 Å². The molecule has 1 aromatic heterocycles. The minimum Gasteiger partial charge on any atom is -0.491 e. The highest BCUT2D eigenvalue weighted by atomic mass is 16.5. The van der Waals surface area contributed by atoms with Gasteiger partial charge >= 0.3 is 0 Å². The third-order valence-corrected chi connectivity index (χ3v) is 7.26. The molecule has 1 atom stereocenters. The number of morpholine rings is 1. The second-order valence-corrected chi connectivity index (χ2v) is 9.96. The van der Waals surface area contributed by atoms with E-state index in [4.69, 9.17) is 10.8 Å². The number of nitrogens with zero attached hydrogens (tertiary/aromatic N) is 4. The Morgan fingerprint density at radius 2 is 2.12 bits per heavy atom. The number of carbonyl (C=O) groups is 2. The average molecular weight is 556 g/mol. The van der Waals surface area contributed by atoms with Crippen molar-refractivity contribution in [3.05, 3.63) is 60.9 Å². The maximum absolute atomic E-state index is 13.5. The standard InChI is InChI=1S/C31H34N6O4/c1-3-22-8-5-9-23(18-22)34-30-24-19-26(35-31(39)27-10-6-12-37(27)29(38)4-2)28(20-25(24)32-21-33-30)41-15-7-11-36-13-16-40-17-14-36/h1,4-5,8-9,18-21,27H,2,6-7,10-17H2,(H,35,39)(H,32,33,34)/i1D. The van der Waals surface area contributed by atoms with Crippen molar-refractivity contribution in [3.63, 3.8) is 0 Å². The normalized spacial score (nSPS) is 17.3. The van der Waals surface area contributed by atoms with E-state index in [2.05, 4.69) is 44.4 Å². The largest absolute Gasteiger partial charge is 0.491 e. The van der Waals surface area contributed by atoms with Crippen molar-refractivity contribution in [2.45, 2.75) is 25.3 Å². The van der Waals surface area contributed by atoms with Gasteiger partial charge < -0.3 is 25.0 Å². The van der Waals surface area contributed by atoms with E-state index >= 15 is 0 Å². The van der Waals surface area contributed by atoms with Crippen LogP contribution < -0.4 is 15.4 Å². The fourth-order valence-corrected chi connectivity index (χ4v) is 5.14. The van der Waals surface area contributed by atoms with Crippen LogP contribution in [0.2, 0.25) is 0 Å². The van der Waals surface area contributed by atoms with E-state index in [9.17, 15) is 9.59 Å². The molecule has 212 valence electrons. The van der Waals surface area contributed by atoms with E-state index in [-0.39, 0.29) is 11.8 Å². The SMILES string of the molecule is [2H]C#Cc1cccc(Nc2ncnc3cc(OCCCN4CCOCC4)c(NC(=O)C4CCCN4C(=O)C=C)cc23)c1. The van der Waals surface area contributed by atoms with Gasteiger partial charge in [0.25, 0.3) is 0 Å². The Hall–Kier alpha value is -4.46. The molecule has 0 bridgehead atoms. The van der Waals surface area contributed by atoms with Gasteiger partial charge in [0.15, 0.2) is 0 Å². The van der Waals surface area contributed by atoms with Crippen molar-refractivity contribution in [1.29, 1.82) is 0 Å². The summed E-state index contributed by atoms with van der Waals surface area (Å²) >= 11 is 0. The first-order valence-corrected chi connectivity index (χ1v) is 13.8. The van der Waals surface area contributed by atoms with Crippen LogP contribution in [0, 0.1) is 12.3 Å². The van der Waals surface area contributed by atoms with Crippen molar-refractivity contribution in [1.82, 2.24) is 19.8 Å². The van der Waals surface area contributed by atoms with E-state index in [1.807, 2.05) is 24.3 Å². The number of benzene rings is 2. The predicted molar refractivity (Wildman–Crippen MR) is 158 cm³/mol. The Morgan fingerprint density at radius 1 is 1.24 bits per heavy atom. The first kappa shape index (κ1) is 26.7. The number of aromatic nitrogens is 2. The lowest BCUT2D eigenvalue weighted by molar-refractivity contribution is -0.132. The lowest BCUT2D eigenvalue weighted by Crippen LogP contribution is -2.42. The van der Waals surface area contributed by atoms with Crippen LogP contribution >= 0.6 is 0 Å². The second-order valence-electron chi connectivity index (χ2n) is 9.96. The van der Waals surface area contributed by atoms with E-state index in [1.54, 1.807) is 17.0 Å². The van der Waals surface area contributed by atoms with E-state index in [0.29, 0.717) is 53.3 Å². The maximum Gasteiger partial charge on any atom is 0.247 e. The summed E-state index contributed by atoms with van der Waals surface area (Å²) in [4.78, 5) is 38.6. The highest BCUT2D eigenvalue weighted by Gasteiger charge is 2.33. The fraction of sp³-hybridized carbons (Fsp3) is 0.355. The van der Waals surface area contributed by atoms with Crippen molar-refractivity contribution >= 4 is 39.9 Å². The lowest BCUT2D eigenvalue weighted by atomic mass is 10.1. The molecule has 3 heterocycles. The summed E-state index contributed by atoms with van der Waals surface area (Å²) in [6, 6.07) is 10.4. The van der Waals surface area contributed by atoms with Crippen molar-refractivity contribution < 1.29 is 20.4 Å². The average Bonchev–Trinajstić information content (AvgIpc) is 3.51. The van der Waals surface area contributed by atoms with Gasteiger partial charge in [-0.1, -0.05) is 18.6 Å². The molecule has 10 nitrogen and oxygen atoms in total. The summed E-state index contributed by atoms with van der Waals surface area (Å²) in [5.41, 5.74) is 2.56. The van der Waals surface area contributed by atoms with Crippen molar-refractivity contribution in [3.8, 4) is 18.1 Å². The Bertz CT molecular complexity index is 1510. The summed E-state index contributed by atoms with van der Waals surface area (Å²) in [7, 11) is 0. The molecule has 2 aliphatic heterocycles. The van der Waals surface area contributed by atoms with Crippen LogP contribution in [-0.2, 0) is 14.3 Å². The zero-order chi connectivity index (χ0) is 29.3. The molecule has 2 N–H and O–H groups in total. The molecular formula is C31H34N6O4. The summed E-state index contributed by atoms with van der Waals surface area (Å²) in [6.07, 6.45) is 7.00. The molecule has 5 rings (SSSR count). The Morgan fingerprint density at radius 3 is 2.95 bits per heavy atom. The van der Waals surface area contributed by atoms with Gasteiger partial charge in [-0.15, -0.1) is 6.40 Å². The lowest BCUT2D eigenvalue weighted by Gasteiger charge is -2.26. The number of fused-ring (bicyclic) bond motifs is 1. The molecule has 0 radical (unpaired) electrons. The number of anilines is 3. The van der Waals surface area contributed by atoms with Gasteiger partial charge in [-0.05, 0) is 49.6 Å². The minimum absolute atomic E-state index is 0.261. The van der Waals surface area contributed by atoms with Crippen LogP contribution in [0.25, 0.3) is 10.9 Å². The molecule has 3 aromatic rings. The summed E-state index contributed by atoms with van der Waals surface area (Å²) < 4.78 is 18.8. The molecule has 2 fully saturated rings. The third kappa shape index (κ3) is 6.82. The van der Waals surface area contributed by atoms with Gasteiger partial charge in [0.2, 0.25) is 11.8 Å². The van der Waals surface area contributed by atoms with Crippen LogP contribution in [0.15, 0.2) is 55.4 Å². The number of nitrogens with one attached hydrogen (secondary N) is 2. The van der Waals surface area contributed by atoms with Crippen molar-refractivity contribution in [2.75, 3.05) is 56.6 Å². The topological polar surface area (TPSA) is 109 Å². The van der Waals surface area contributed by atoms with Gasteiger partial charge in [0.1, 0.15) is 25.3 Å². The zero-order valence-corrected chi connectivity index (χ0v) is 22.9. The quantitative estimate of drug-likeness (QED) is 0.222. The van der Waals surface area contributed by atoms with Gasteiger partial charge in [-0.25, -0.2) is 9.97 Å². The molecule has 0 aliphatic carbocycles. The summed E-state index contributed by atoms with van der Waals surface area (Å²) in [5.74, 6) is 3.22. The number of hydrogen-bond acceptors (Lipinski definition) is 8. The van der Waals surface area contributed by atoms with Crippen LogP contribution in [0.1, 0.15) is 26.2 Å². The second kappa shape index (κ2) is 13.3. The molecule has 2 amide bonds. The number of ether oxygens (including phenoxy) is 2. The molecule has 10 heteroatoms. The van der Waals surface area contributed by atoms with Gasteiger partial charge in [0, 0.05) is 48.9 Å². The number of rotatable bonds is 10. The van der Waals surface area contributed by atoms with Gasteiger partial charge in [-0.3, -0.25) is 14.5 Å². The highest BCUT2D eigenvalue weighted by molar-refractivity contribution is 6.03. The fourth-order valence-electron chi connectivity index (χ4n) is 5.14. The summed E-state index contributed by atoms with van der Waals surface area (Å²) in [5, 5.41) is 7.00. The molecule has 2 aliphatic rings. The maximum atomic E-state index is 13.5. The molecule has 0 spiro atoms. The monoisotopic (exact) mass is 555 g/mol. The van der Waals surface area contributed by atoms with E-state index in [0.717, 1.165) is 51.4 Å². The summed E-state index contributed by atoms with van der Waals surface area (Å²) in [6.45, 7) is 8.73. The van der Waals surface area contributed by atoms with Gasteiger partial charge in [0.05, 0.1) is 31.0 Å². The number of carbonyl (C=O) groups excluding carboxylic acids is 2.